The van der Waals surface area contributed by atoms with Crippen molar-refractivity contribution in [2.24, 2.45) is 5.73 Å². The fourth-order valence-electron chi connectivity index (χ4n) is 1.41. The number of halogens is 1. The number of ether oxygens (including phenoxy) is 1. The first-order valence-electron chi connectivity index (χ1n) is 5.34. The average molecular weight is 240 g/mol. The number of benzene rings is 1. The number of anilines is 1. The summed E-state index contributed by atoms with van der Waals surface area (Å²) in [5.41, 5.74) is 6.34. The zero-order valence-electron chi connectivity index (χ0n) is 10.0. The number of nitrogens with zero attached hydrogens (tertiary/aromatic N) is 1. The second kappa shape index (κ2) is 6.32. The molecule has 94 valence electrons. The Kier molecular flexibility index (Phi) is 5.06. The standard InChI is InChI=1S/C12H17FN2O2/c1-15(10-5-3-9(13)4-6-10)12(16)11(14)7-8-17-2/h3-6,11H,7-8,14H2,1-2H3. The van der Waals surface area contributed by atoms with E-state index in [0.717, 1.165) is 0 Å². The molecule has 0 bridgehead atoms. The third-order valence-corrected chi connectivity index (χ3v) is 2.49. The molecule has 1 rings (SSSR count). The highest BCUT2D eigenvalue weighted by atomic mass is 19.1. The van der Waals surface area contributed by atoms with Crippen LogP contribution in [0, 0.1) is 5.82 Å². The van der Waals surface area contributed by atoms with Gasteiger partial charge in [-0.25, -0.2) is 4.39 Å². The Morgan fingerprint density at radius 2 is 2.06 bits per heavy atom. The SMILES string of the molecule is COCCC(N)C(=O)N(C)c1ccc(F)cc1. The minimum absolute atomic E-state index is 0.214. The molecule has 4 nitrogen and oxygen atoms in total. The van der Waals surface area contributed by atoms with Crippen molar-refractivity contribution in [3.05, 3.63) is 30.1 Å². The van der Waals surface area contributed by atoms with Crippen LogP contribution >= 0.6 is 0 Å². The van der Waals surface area contributed by atoms with Crippen LogP contribution in [0.2, 0.25) is 0 Å². The number of methoxy groups -OCH3 is 1. The highest BCUT2D eigenvalue weighted by Gasteiger charge is 2.18. The number of carbonyl (C=O) groups is 1. The third-order valence-electron chi connectivity index (χ3n) is 2.49. The summed E-state index contributed by atoms with van der Waals surface area (Å²) >= 11 is 0. The maximum atomic E-state index is 12.7. The molecule has 0 aliphatic heterocycles. The van der Waals surface area contributed by atoms with E-state index in [0.29, 0.717) is 18.7 Å². The van der Waals surface area contributed by atoms with Crippen LogP contribution in [0.3, 0.4) is 0 Å². The van der Waals surface area contributed by atoms with Crippen molar-refractivity contribution in [3.8, 4) is 0 Å². The lowest BCUT2D eigenvalue weighted by Gasteiger charge is -2.21. The highest BCUT2D eigenvalue weighted by molar-refractivity contribution is 5.96. The Bertz CT molecular complexity index is 367. The van der Waals surface area contributed by atoms with Gasteiger partial charge < -0.3 is 15.4 Å². The monoisotopic (exact) mass is 240 g/mol. The molecule has 5 heteroatoms. The van der Waals surface area contributed by atoms with Crippen LogP contribution in [-0.4, -0.2) is 32.7 Å². The molecule has 2 N–H and O–H groups in total. The summed E-state index contributed by atoms with van der Waals surface area (Å²) in [5, 5.41) is 0. The minimum atomic E-state index is -0.606. The smallest absolute Gasteiger partial charge is 0.243 e. The molecular weight excluding hydrogens is 223 g/mol. The highest BCUT2D eigenvalue weighted by Crippen LogP contribution is 2.14. The second-order valence-electron chi connectivity index (χ2n) is 3.76. The third kappa shape index (κ3) is 3.80. The van der Waals surface area contributed by atoms with Gasteiger partial charge in [0.1, 0.15) is 5.82 Å². The van der Waals surface area contributed by atoms with E-state index < -0.39 is 6.04 Å². The summed E-state index contributed by atoms with van der Waals surface area (Å²) in [6.45, 7) is 0.435. The molecule has 1 aromatic rings. The van der Waals surface area contributed by atoms with E-state index in [2.05, 4.69) is 0 Å². The van der Waals surface area contributed by atoms with Crippen LogP contribution in [0.1, 0.15) is 6.42 Å². The Balaban J connectivity index is 2.65. The molecule has 0 fully saturated rings. The molecule has 0 aliphatic rings. The summed E-state index contributed by atoms with van der Waals surface area (Å²) in [6, 6.07) is 5.08. The number of nitrogens with two attached hydrogens (primary N) is 1. The molecule has 1 unspecified atom stereocenters. The first-order valence-corrected chi connectivity index (χ1v) is 5.34. The lowest BCUT2D eigenvalue weighted by Crippen LogP contribution is -2.42. The largest absolute Gasteiger partial charge is 0.385 e. The van der Waals surface area contributed by atoms with Crippen molar-refractivity contribution in [1.82, 2.24) is 0 Å². The molecule has 0 radical (unpaired) electrons. The molecule has 1 aromatic carbocycles. The molecule has 0 heterocycles. The van der Waals surface area contributed by atoms with Crippen molar-refractivity contribution in [2.45, 2.75) is 12.5 Å². The number of carbonyl (C=O) groups excluding carboxylic acids is 1. The van der Waals surface area contributed by atoms with Crippen LogP contribution in [0.5, 0.6) is 0 Å². The van der Waals surface area contributed by atoms with Gasteiger partial charge >= 0.3 is 0 Å². The Morgan fingerprint density at radius 3 is 2.59 bits per heavy atom. The van der Waals surface area contributed by atoms with Crippen LogP contribution in [-0.2, 0) is 9.53 Å². The van der Waals surface area contributed by atoms with Crippen LogP contribution < -0.4 is 10.6 Å². The van der Waals surface area contributed by atoms with Crippen molar-refractivity contribution < 1.29 is 13.9 Å². The molecule has 17 heavy (non-hydrogen) atoms. The van der Waals surface area contributed by atoms with Crippen molar-refractivity contribution in [1.29, 1.82) is 0 Å². The molecule has 0 saturated heterocycles. The van der Waals surface area contributed by atoms with Crippen LogP contribution in [0.15, 0.2) is 24.3 Å². The number of rotatable bonds is 5. The summed E-state index contributed by atoms with van der Waals surface area (Å²) < 4.78 is 17.6. The molecule has 0 aromatic heterocycles. The summed E-state index contributed by atoms with van der Waals surface area (Å²) in [6.07, 6.45) is 0.459. The van der Waals surface area contributed by atoms with Gasteiger partial charge in [0.25, 0.3) is 0 Å². The van der Waals surface area contributed by atoms with Gasteiger partial charge in [0.05, 0.1) is 6.04 Å². The van der Waals surface area contributed by atoms with Gasteiger partial charge in [-0.15, -0.1) is 0 Å². The average Bonchev–Trinajstić information content (AvgIpc) is 2.35. The van der Waals surface area contributed by atoms with Gasteiger partial charge in [0, 0.05) is 26.5 Å². The van der Waals surface area contributed by atoms with Gasteiger partial charge in [0.15, 0.2) is 0 Å². The van der Waals surface area contributed by atoms with Gasteiger partial charge in [-0.3, -0.25) is 4.79 Å². The number of hydrogen-bond acceptors (Lipinski definition) is 3. The fraction of sp³-hybridized carbons (Fsp3) is 0.417. The molecule has 1 amide bonds. The maximum absolute atomic E-state index is 12.7. The predicted octanol–water partition coefficient (Wildman–Crippen LogP) is 1.15. The summed E-state index contributed by atoms with van der Waals surface area (Å²) in [5.74, 6) is -0.549. The Hall–Kier alpha value is -1.46. The molecule has 0 aliphatic carbocycles. The van der Waals surface area contributed by atoms with E-state index in [1.54, 1.807) is 14.2 Å². The van der Waals surface area contributed by atoms with E-state index >= 15 is 0 Å². The predicted molar refractivity (Wildman–Crippen MR) is 64.3 cm³/mol. The van der Waals surface area contributed by atoms with Crippen LogP contribution in [0.4, 0.5) is 10.1 Å². The lowest BCUT2D eigenvalue weighted by atomic mass is 10.2. The number of amides is 1. The zero-order chi connectivity index (χ0) is 12.8. The molecule has 0 spiro atoms. The zero-order valence-corrected chi connectivity index (χ0v) is 10.0. The van der Waals surface area contributed by atoms with Crippen molar-refractivity contribution in [3.63, 3.8) is 0 Å². The van der Waals surface area contributed by atoms with E-state index in [9.17, 15) is 9.18 Å². The van der Waals surface area contributed by atoms with E-state index in [1.807, 2.05) is 0 Å². The van der Waals surface area contributed by atoms with Gasteiger partial charge in [-0.2, -0.15) is 0 Å². The van der Waals surface area contributed by atoms with E-state index in [1.165, 1.54) is 29.2 Å². The second-order valence-corrected chi connectivity index (χ2v) is 3.76. The minimum Gasteiger partial charge on any atom is -0.385 e. The van der Waals surface area contributed by atoms with Crippen molar-refractivity contribution in [2.75, 3.05) is 25.7 Å². The van der Waals surface area contributed by atoms with Crippen LogP contribution in [0.25, 0.3) is 0 Å². The van der Waals surface area contributed by atoms with Gasteiger partial charge in [0.2, 0.25) is 5.91 Å². The summed E-state index contributed by atoms with van der Waals surface area (Å²) in [7, 11) is 3.17. The quantitative estimate of drug-likeness (QED) is 0.840. The fourth-order valence-corrected chi connectivity index (χ4v) is 1.41. The maximum Gasteiger partial charge on any atom is 0.243 e. The molecule has 1 atom stereocenters. The van der Waals surface area contributed by atoms with Gasteiger partial charge in [-0.05, 0) is 30.7 Å². The van der Waals surface area contributed by atoms with Gasteiger partial charge in [-0.1, -0.05) is 0 Å². The number of hydrogen-bond donors (Lipinski definition) is 1. The van der Waals surface area contributed by atoms with E-state index in [-0.39, 0.29) is 11.7 Å². The molecular formula is C12H17FN2O2. The lowest BCUT2D eigenvalue weighted by molar-refractivity contribution is -0.119. The first kappa shape index (κ1) is 13.6. The first-order chi connectivity index (χ1) is 8.06. The summed E-state index contributed by atoms with van der Waals surface area (Å²) in [4.78, 5) is 13.3. The Morgan fingerprint density at radius 1 is 1.47 bits per heavy atom. The normalized spacial score (nSPS) is 12.2. The molecule has 0 saturated carbocycles. The van der Waals surface area contributed by atoms with Crippen molar-refractivity contribution >= 4 is 11.6 Å². The van der Waals surface area contributed by atoms with E-state index in [4.69, 9.17) is 10.5 Å². The number of likely N-dealkylation sites (N-methyl/N-ethyl adjacent to an activating group) is 1. The topological polar surface area (TPSA) is 55.6 Å². The Labute approximate surface area is 100 Å².